The van der Waals surface area contributed by atoms with Gasteiger partial charge in [0.1, 0.15) is 5.15 Å². The van der Waals surface area contributed by atoms with E-state index >= 15 is 0 Å². The number of amides is 3. The van der Waals surface area contributed by atoms with E-state index in [-0.39, 0.29) is 10.7 Å². The molecule has 7 nitrogen and oxygen atoms in total. The van der Waals surface area contributed by atoms with Gasteiger partial charge in [0.05, 0.1) is 11.1 Å². The molecule has 0 saturated heterocycles. The van der Waals surface area contributed by atoms with E-state index in [1.807, 2.05) is 6.92 Å². The van der Waals surface area contributed by atoms with Crippen molar-refractivity contribution in [2.24, 2.45) is 0 Å². The Bertz CT molecular complexity index is 795. The van der Waals surface area contributed by atoms with E-state index in [1.54, 1.807) is 24.3 Å². The van der Waals surface area contributed by atoms with Crippen molar-refractivity contribution >= 4 is 40.4 Å². The van der Waals surface area contributed by atoms with Crippen molar-refractivity contribution in [2.75, 3.05) is 13.2 Å². The van der Waals surface area contributed by atoms with E-state index in [4.69, 9.17) is 16.3 Å². The summed E-state index contributed by atoms with van der Waals surface area (Å²) in [6, 6.07) is 7.70. The Balaban J connectivity index is 1.94. The van der Waals surface area contributed by atoms with Crippen LogP contribution in [-0.4, -0.2) is 36.0 Å². The van der Waals surface area contributed by atoms with Crippen LogP contribution >= 0.6 is 11.6 Å². The van der Waals surface area contributed by atoms with E-state index in [9.17, 15) is 14.4 Å². The molecule has 2 N–H and O–H groups in total. The Hall–Kier alpha value is -2.67. The first-order chi connectivity index (χ1) is 12.0. The smallest absolute Gasteiger partial charge is 0.339 e. The third kappa shape index (κ3) is 5.42. The van der Waals surface area contributed by atoms with Gasteiger partial charge in [0.2, 0.25) is 0 Å². The Kier molecular flexibility index (Phi) is 6.71. The molecule has 0 fully saturated rings. The zero-order chi connectivity index (χ0) is 18.2. The van der Waals surface area contributed by atoms with E-state index in [1.165, 1.54) is 6.07 Å². The predicted octanol–water partition coefficient (Wildman–Crippen LogP) is 2.67. The molecule has 0 aliphatic rings. The molecule has 2 rings (SSSR count). The molecule has 1 aromatic carbocycles. The van der Waals surface area contributed by atoms with Crippen LogP contribution in [0.4, 0.5) is 4.79 Å². The maximum atomic E-state index is 12.2. The van der Waals surface area contributed by atoms with Crippen molar-refractivity contribution in [2.45, 2.75) is 19.8 Å². The van der Waals surface area contributed by atoms with E-state index in [2.05, 4.69) is 15.6 Å². The normalized spacial score (nSPS) is 10.3. The topological polar surface area (TPSA) is 97.4 Å². The number of hydrogen-bond acceptors (Lipinski definition) is 5. The molecule has 0 saturated carbocycles. The fourth-order valence-electron chi connectivity index (χ4n) is 2.11. The summed E-state index contributed by atoms with van der Waals surface area (Å²) < 4.78 is 4.96. The first kappa shape index (κ1) is 18.7. The van der Waals surface area contributed by atoms with Crippen molar-refractivity contribution in [3.63, 3.8) is 0 Å². The molecule has 0 spiro atoms. The quantitative estimate of drug-likeness (QED) is 0.467. The minimum absolute atomic E-state index is 0.144. The molecule has 1 heterocycles. The van der Waals surface area contributed by atoms with Crippen molar-refractivity contribution < 1.29 is 19.1 Å². The second-order valence-electron chi connectivity index (χ2n) is 5.24. The molecule has 8 heteroatoms. The highest BCUT2D eigenvalue weighted by Gasteiger charge is 2.16. The highest BCUT2D eigenvalue weighted by molar-refractivity contribution is 6.30. The van der Waals surface area contributed by atoms with E-state index in [0.29, 0.717) is 17.4 Å². The first-order valence-corrected chi connectivity index (χ1v) is 8.19. The van der Waals surface area contributed by atoms with Gasteiger partial charge in [-0.1, -0.05) is 43.1 Å². The van der Waals surface area contributed by atoms with Gasteiger partial charge >= 0.3 is 12.0 Å². The number of hydrogen-bond donors (Lipinski definition) is 2. The number of urea groups is 1. The molecule has 0 atom stereocenters. The van der Waals surface area contributed by atoms with E-state index in [0.717, 1.165) is 12.8 Å². The standard InChI is InChI=1S/C17H18ClN3O4/c1-2-3-8-19-17(24)21-15(22)10-25-16(23)12-9-14(18)20-13-7-5-4-6-11(12)13/h4-7,9H,2-3,8,10H2,1H3,(H2,19,21,22,24). The second-order valence-corrected chi connectivity index (χ2v) is 5.63. The van der Waals surface area contributed by atoms with Gasteiger partial charge in [0.15, 0.2) is 6.61 Å². The Labute approximate surface area is 149 Å². The Morgan fingerprint density at radius 2 is 2.00 bits per heavy atom. The number of carbonyl (C=O) groups excluding carboxylic acids is 3. The zero-order valence-electron chi connectivity index (χ0n) is 13.7. The lowest BCUT2D eigenvalue weighted by Gasteiger charge is -2.09. The number of ether oxygens (including phenoxy) is 1. The SMILES string of the molecule is CCCCNC(=O)NC(=O)COC(=O)c1cc(Cl)nc2ccccc12. The second kappa shape index (κ2) is 8.98. The molecule has 0 aliphatic heterocycles. The Morgan fingerprint density at radius 1 is 1.24 bits per heavy atom. The number of halogens is 1. The number of benzene rings is 1. The third-order valence-corrected chi connectivity index (χ3v) is 3.50. The average Bonchev–Trinajstić information content (AvgIpc) is 2.59. The van der Waals surface area contributed by atoms with Gasteiger partial charge in [-0.2, -0.15) is 0 Å². The van der Waals surface area contributed by atoms with Gasteiger partial charge in [-0.05, 0) is 18.6 Å². The molecule has 2 aromatic rings. The van der Waals surface area contributed by atoms with Gasteiger partial charge in [0.25, 0.3) is 5.91 Å². The number of nitrogens with one attached hydrogen (secondary N) is 2. The van der Waals surface area contributed by atoms with Crippen LogP contribution in [0.25, 0.3) is 10.9 Å². The molecular weight excluding hydrogens is 346 g/mol. The summed E-state index contributed by atoms with van der Waals surface area (Å²) in [5.41, 5.74) is 0.748. The fourth-order valence-corrected chi connectivity index (χ4v) is 2.31. The van der Waals surface area contributed by atoms with Crippen LogP contribution in [0, 0.1) is 0 Å². The Morgan fingerprint density at radius 3 is 2.76 bits per heavy atom. The largest absolute Gasteiger partial charge is 0.452 e. The molecule has 132 valence electrons. The van der Waals surface area contributed by atoms with Gasteiger partial charge < -0.3 is 10.1 Å². The lowest BCUT2D eigenvalue weighted by molar-refractivity contribution is -0.123. The molecular formula is C17H18ClN3O4. The van der Waals surface area contributed by atoms with Crippen molar-refractivity contribution in [1.29, 1.82) is 0 Å². The number of imide groups is 1. The molecule has 25 heavy (non-hydrogen) atoms. The van der Waals surface area contributed by atoms with Crippen molar-refractivity contribution in [3.8, 4) is 0 Å². The highest BCUT2D eigenvalue weighted by atomic mass is 35.5. The molecule has 0 radical (unpaired) electrons. The number of pyridine rings is 1. The number of unbranched alkanes of at least 4 members (excludes halogenated alkanes) is 1. The molecule has 1 aromatic heterocycles. The number of para-hydroxylation sites is 1. The number of aromatic nitrogens is 1. The summed E-state index contributed by atoms with van der Waals surface area (Å²) >= 11 is 5.91. The maximum absolute atomic E-state index is 12.2. The number of esters is 1. The van der Waals surface area contributed by atoms with Crippen LogP contribution in [0.5, 0.6) is 0 Å². The van der Waals surface area contributed by atoms with Crippen LogP contribution < -0.4 is 10.6 Å². The van der Waals surface area contributed by atoms with Gasteiger partial charge in [-0.3, -0.25) is 10.1 Å². The van der Waals surface area contributed by atoms with Crippen molar-refractivity contribution in [3.05, 3.63) is 41.0 Å². The first-order valence-electron chi connectivity index (χ1n) is 7.81. The van der Waals surface area contributed by atoms with Crippen LogP contribution in [0.1, 0.15) is 30.1 Å². The summed E-state index contributed by atoms with van der Waals surface area (Å²) in [4.78, 5) is 39.5. The van der Waals surface area contributed by atoms with E-state index < -0.39 is 24.5 Å². The third-order valence-electron chi connectivity index (χ3n) is 3.31. The van der Waals surface area contributed by atoms with Gasteiger partial charge in [-0.25, -0.2) is 14.6 Å². The highest BCUT2D eigenvalue weighted by Crippen LogP contribution is 2.21. The monoisotopic (exact) mass is 363 g/mol. The van der Waals surface area contributed by atoms with Gasteiger partial charge in [-0.15, -0.1) is 0 Å². The van der Waals surface area contributed by atoms with Crippen LogP contribution in [0.3, 0.4) is 0 Å². The average molecular weight is 364 g/mol. The van der Waals surface area contributed by atoms with Gasteiger partial charge in [0, 0.05) is 11.9 Å². The summed E-state index contributed by atoms with van der Waals surface area (Å²) in [7, 11) is 0. The zero-order valence-corrected chi connectivity index (χ0v) is 14.4. The van der Waals surface area contributed by atoms with Crippen molar-refractivity contribution in [1.82, 2.24) is 15.6 Å². The molecule has 0 aliphatic carbocycles. The van der Waals surface area contributed by atoms with Crippen LogP contribution in [0.2, 0.25) is 5.15 Å². The minimum Gasteiger partial charge on any atom is -0.452 e. The maximum Gasteiger partial charge on any atom is 0.339 e. The summed E-state index contributed by atoms with van der Waals surface area (Å²) in [5, 5.41) is 5.33. The number of carbonyl (C=O) groups is 3. The summed E-state index contributed by atoms with van der Waals surface area (Å²) in [5.74, 6) is -1.44. The summed E-state index contributed by atoms with van der Waals surface area (Å²) in [6.07, 6.45) is 1.74. The molecule has 0 bridgehead atoms. The fraction of sp³-hybridized carbons (Fsp3) is 0.294. The lowest BCUT2D eigenvalue weighted by atomic mass is 10.1. The summed E-state index contributed by atoms with van der Waals surface area (Å²) in [6.45, 7) is 1.88. The molecule has 0 unspecified atom stereocenters. The number of fused-ring (bicyclic) bond motifs is 1. The minimum atomic E-state index is -0.720. The number of nitrogens with zero attached hydrogens (tertiary/aromatic N) is 1. The molecule has 3 amide bonds. The van der Waals surface area contributed by atoms with Crippen LogP contribution in [-0.2, 0) is 9.53 Å². The lowest BCUT2D eigenvalue weighted by Crippen LogP contribution is -2.41. The van der Waals surface area contributed by atoms with Crippen LogP contribution in [0.15, 0.2) is 30.3 Å². The number of rotatable bonds is 6. The predicted molar refractivity (Wildman–Crippen MR) is 93.5 cm³/mol.